The normalized spacial score (nSPS) is 11.7. The lowest BCUT2D eigenvalue weighted by Gasteiger charge is -2.10. The number of nitrogens with zero attached hydrogens (tertiary/aromatic N) is 2. The van der Waals surface area contributed by atoms with E-state index in [2.05, 4.69) is 10.3 Å². The van der Waals surface area contributed by atoms with Gasteiger partial charge in [0.1, 0.15) is 17.2 Å². The molecular formula is C16H11F4N3O. The zero-order chi connectivity index (χ0) is 17.5. The molecule has 0 atom stereocenters. The number of hydrogen-bond donors (Lipinski definition) is 1. The Morgan fingerprint density at radius 3 is 2.67 bits per heavy atom. The predicted octanol–water partition coefficient (Wildman–Crippen LogP) is 4.05. The highest BCUT2D eigenvalue weighted by molar-refractivity contribution is 6.04. The molecule has 1 amide bonds. The number of aromatic nitrogens is 2. The van der Waals surface area contributed by atoms with E-state index in [1.807, 2.05) is 0 Å². The minimum Gasteiger partial charge on any atom is -0.321 e. The number of hydrogen-bond acceptors (Lipinski definition) is 2. The molecule has 124 valence electrons. The van der Waals surface area contributed by atoms with Crippen LogP contribution >= 0.6 is 0 Å². The maximum Gasteiger partial charge on any atom is 0.416 e. The largest absolute Gasteiger partial charge is 0.416 e. The maximum atomic E-state index is 13.4. The van der Waals surface area contributed by atoms with Crippen LogP contribution in [0.25, 0.3) is 5.65 Å². The van der Waals surface area contributed by atoms with E-state index < -0.39 is 23.5 Å². The molecule has 1 N–H and O–H groups in total. The number of carbonyl (C=O) groups is 1. The molecule has 0 aliphatic rings. The smallest absolute Gasteiger partial charge is 0.321 e. The SMILES string of the molecule is Cc1nc2ccc(F)cn2c1C(=O)Nc1cccc(C(F)(F)F)c1. The van der Waals surface area contributed by atoms with Crippen molar-refractivity contribution >= 4 is 17.2 Å². The third kappa shape index (κ3) is 2.94. The highest BCUT2D eigenvalue weighted by Crippen LogP contribution is 2.30. The first-order chi connectivity index (χ1) is 11.3. The molecule has 2 heterocycles. The standard InChI is InChI=1S/C16H11F4N3O/c1-9-14(23-8-11(17)5-6-13(23)21-9)15(24)22-12-4-2-3-10(7-12)16(18,19)20/h2-8H,1H3,(H,22,24). The van der Waals surface area contributed by atoms with Crippen molar-refractivity contribution < 1.29 is 22.4 Å². The van der Waals surface area contributed by atoms with Crippen LogP contribution in [0.5, 0.6) is 0 Å². The summed E-state index contributed by atoms with van der Waals surface area (Å²) >= 11 is 0. The number of halogens is 4. The van der Waals surface area contributed by atoms with E-state index in [1.165, 1.54) is 28.7 Å². The zero-order valence-electron chi connectivity index (χ0n) is 12.4. The van der Waals surface area contributed by atoms with Crippen LogP contribution in [0.15, 0.2) is 42.6 Å². The van der Waals surface area contributed by atoms with E-state index in [1.54, 1.807) is 6.92 Å². The average Bonchev–Trinajstić information content (AvgIpc) is 2.81. The Kier molecular flexibility index (Phi) is 3.75. The first kappa shape index (κ1) is 16.0. The summed E-state index contributed by atoms with van der Waals surface area (Å²) in [5, 5.41) is 2.39. The molecule has 24 heavy (non-hydrogen) atoms. The molecule has 0 fully saturated rings. The molecule has 1 aromatic carbocycles. The van der Waals surface area contributed by atoms with Gasteiger partial charge in [0.25, 0.3) is 5.91 Å². The molecule has 0 saturated carbocycles. The summed E-state index contributed by atoms with van der Waals surface area (Å²) in [5.41, 5.74) is -0.128. The molecule has 8 heteroatoms. The van der Waals surface area contributed by atoms with Crippen molar-refractivity contribution in [1.82, 2.24) is 9.38 Å². The quantitative estimate of drug-likeness (QED) is 0.717. The highest BCUT2D eigenvalue weighted by atomic mass is 19.4. The van der Waals surface area contributed by atoms with Gasteiger partial charge in [-0.1, -0.05) is 6.07 Å². The number of rotatable bonds is 2. The Morgan fingerprint density at radius 2 is 1.96 bits per heavy atom. The number of anilines is 1. The van der Waals surface area contributed by atoms with Crippen LogP contribution in [0.1, 0.15) is 21.7 Å². The lowest BCUT2D eigenvalue weighted by molar-refractivity contribution is -0.137. The molecule has 0 saturated heterocycles. The summed E-state index contributed by atoms with van der Waals surface area (Å²) in [4.78, 5) is 16.5. The van der Waals surface area contributed by atoms with Crippen LogP contribution in [0.4, 0.5) is 23.2 Å². The second kappa shape index (κ2) is 5.63. The van der Waals surface area contributed by atoms with Crippen molar-refractivity contribution in [3.63, 3.8) is 0 Å². The fourth-order valence-corrected chi connectivity index (χ4v) is 2.37. The van der Waals surface area contributed by atoms with E-state index in [0.717, 1.165) is 18.3 Å². The Hall–Kier alpha value is -2.90. The molecule has 3 rings (SSSR count). The Bertz CT molecular complexity index is 931. The predicted molar refractivity (Wildman–Crippen MR) is 79.3 cm³/mol. The fourth-order valence-electron chi connectivity index (χ4n) is 2.37. The Morgan fingerprint density at radius 1 is 1.21 bits per heavy atom. The third-order valence-corrected chi connectivity index (χ3v) is 3.42. The zero-order valence-corrected chi connectivity index (χ0v) is 12.4. The number of carbonyl (C=O) groups excluding carboxylic acids is 1. The minimum atomic E-state index is -4.51. The van der Waals surface area contributed by atoms with Gasteiger partial charge in [-0.3, -0.25) is 9.20 Å². The summed E-state index contributed by atoms with van der Waals surface area (Å²) in [5.74, 6) is -1.24. The molecule has 0 aliphatic heterocycles. The Labute approximate surface area is 133 Å². The van der Waals surface area contributed by atoms with Crippen LogP contribution in [-0.4, -0.2) is 15.3 Å². The van der Waals surface area contributed by atoms with Gasteiger partial charge in [-0.05, 0) is 37.3 Å². The molecule has 0 radical (unpaired) electrons. The van der Waals surface area contributed by atoms with Crippen molar-refractivity contribution in [3.8, 4) is 0 Å². The molecule has 2 aromatic heterocycles. The van der Waals surface area contributed by atoms with Gasteiger partial charge in [0.15, 0.2) is 0 Å². The second-order valence-corrected chi connectivity index (χ2v) is 5.15. The van der Waals surface area contributed by atoms with E-state index in [9.17, 15) is 22.4 Å². The van der Waals surface area contributed by atoms with Gasteiger partial charge < -0.3 is 5.32 Å². The van der Waals surface area contributed by atoms with Crippen LogP contribution < -0.4 is 5.32 Å². The van der Waals surface area contributed by atoms with E-state index in [0.29, 0.717) is 11.3 Å². The van der Waals surface area contributed by atoms with E-state index in [4.69, 9.17) is 0 Å². The van der Waals surface area contributed by atoms with Crippen LogP contribution in [-0.2, 0) is 6.18 Å². The topological polar surface area (TPSA) is 46.4 Å². The van der Waals surface area contributed by atoms with E-state index in [-0.39, 0.29) is 11.4 Å². The van der Waals surface area contributed by atoms with Gasteiger partial charge in [-0.25, -0.2) is 9.37 Å². The van der Waals surface area contributed by atoms with Crippen molar-refractivity contribution in [3.05, 3.63) is 65.4 Å². The van der Waals surface area contributed by atoms with Crippen LogP contribution in [0, 0.1) is 12.7 Å². The first-order valence-electron chi connectivity index (χ1n) is 6.88. The molecule has 4 nitrogen and oxygen atoms in total. The van der Waals surface area contributed by atoms with E-state index >= 15 is 0 Å². The molecule has 0 bridgehead atoms. The van der Waals surface area contributed by atoms with Gasteiger partial charge in [-0.15, -0.1) is 0 Å². The number of aryl methyl sites for hydroxylation is 1. The summed E-state index contributed by atoms with van der Waals surface area (Å²) in [6.45, 7) is 1.56. The maximum absolute atomic E-state index is 13.4. The fraction of sp³-hybridized carbons (Fsp3) is 0.125. The van der Waals surface area contributed by atoms with Crippen molar-refractivity contribution in [2.75, 3.05) is 5.32 Å². The number of benzene rings is 1. The lowest BCUT2D eigenvalue weighted by Crippen LogP contribution is -2.16. The monoisotopic (exact) mass is 337 g/mol. The highest BCUT2D eigenvalue weighted by Gasteiger charge is 2.30. The number of pyridine rings is 1. The van der Waals surface area contributed by atoms with Crippen molar-refractivity contribution in [1.29, 1.82) is 0 Å². The number of fused-ring (bicyclic) bond motifs is 1. The molecule has 0 unspecified atom stereocenters. The van der Waals surface area contributed by atoms with Crippen LogP contribution in [0.3, 0.4) is 0 Å². The van der Waals surface area contributed by atoms with Gasteiger partial charge in [0.05, 0.1) is 11.3 Å². The van der Waals surface area contributed by atoms with Crippen molar-refractivity contribution in [2.24, 2.45) is 0 Å². The van der Waals surface area contributed by atoms with Crippen molar-refractivity contribution in [2.45, 2.75) is 13.1 Å². The molecular weight excluding hydrogens is 326 g/mol. The summed E-state index contributed by atoms with van der Waals surface area (Å²) in [7, 11) is 0. The number of nitrogens with one attached hydrogen (secondary N) is 1. The molecule has 3 aromatic rings. The average molecular weight is 337 g/mol. The summed E-state index contributed by atoms with van der Waals surface area (Å²) < 4.78 is 52.8. The minimum absolute atomic E-state index is 0.0134. The summed E-state index contributed by atoms with van der Waals surface area (Å²) in [6, 6.07) is 6.88. The first-order valence-corrected chi connectivity index (χ1v) is 6.88. The second-order valence-electron chi connectivity index (χ2n) is 5.15. The van der Waals surface area contributed by atoms with Gasteiger partial charge >= 0.3 is 6.18 Å². The number of alkyl halides is 3. The van der Waals surface area contributed by atoms with Crippen LogP contribution in [0.2, 0.25) is 0 Å². The summed E-state index contributed by atoms with van der Waals surface area (Å²) in [6.07, 6.45) is -3.42. The molecule has 0 spiro atoms. The third-order valence-electron chi connectivity index (χ3n) is 3.42. The van der Waals surface area contributed by atoms with Gasteiger partial charge in [-0.2, -0.15) is 13.2 Å². The van der Waals surface area contributed by atoms with Gasteiger partial charge in [0.2, 0.25) is 0 Å². The number of imidazole rings is 1. The number of amides is 1. The van der Waals surface area contributed by atoms with Gasteiger partial charge in [0, 0.05) is 11.9 Å². The lowest BCUT2D eigenvalue weighted by atomic mass is 10.2. The molecule has 0 aliphatic carbocycles. The Balaban J connectivity index is 1.96.